The molecule has 0 atom stereocenters. The lowest BCUT2D eigenvalue weighted by Crippen LogP contribution is -2.25. The summed E-state index contributed by atoms with van der Waals surface area (Å²) in [6, 6.07) is 7.16. The minimum atomic E-state index is -3.37. The number of nitrogens with one attached hydrogen (secondary N) is 1. The van der Waals surface area contributed by atoms with E-state index in [2.05, 4.69) is 25.5 Å². The van der Waals surface area contributed by atoms with Crippen LogP contribution < -0.4 is 4.72 Å². The fraction of sp³-hybridized carbons (Fsp3) is 0.571. The van der Waals surface area contributed by atoms with E-state index < -0.39 is 10.0 Å². The Bertz CT molecular complexity index is 487. The largest absolute Gasteiger partial charge is 0.240 e. The van der Waals surface area contributed by atoms with Gasteiger partial charge in [0, 0.05) is 6.54 Å². The minimum absolute atomic E-state index is 0.0467. The quantitative estimate of drug-likeness (QED) is 0.835. The van der Waals surface area contributed by atoms with Crippen LogP contribution >= 0.6 is 0 Å². The van der Waals surface area contributed by atoms with Crippen molar-refractivity contribution in [1.29, 1.82) is 0 Å². The van der Waals surface area contributed by atoms with Crippen LogP contribution in [0.5, 0.6) is 0 Å². The Morgan fingerprint density at radius 3 is 2.44 bits per heavy atom. The second kappa shape index (κ2) is 5.85. The van der Waals surface area contributed by atoms with Crippen molar-refractivity contribution >= 4 is 10.0 Å². The molecule has 1 aromatic carbocycles. The van der Waals surface area contributed by atoms with E-state index in [0.717, 1.165) is 18.4 Å². The van der Waals surface area contributed by atoms with Crippen molar-refractivity contribution in [3.63, 3.8) is 0 Å². The third-order valence-electron chi connectivity index (χ3n) is 2.83. The maximum atomic E-state index is 12.1. The fourth-order valence-corrected chi connectivity index (χ4v) is 2.72. The van der Waals surface area contributed by atoms with Gasteiger partial charge in [-0.15, -0.1) is 0 Å². The molecule has 0 aliphatic carbocycles. The average molecular weight is 269 g/mol. The molecule has 0 amide bonds. The molecule has 1 N–H and O–H groups in total. The normalized spacial score (nSPS) is 12.7. The second-order valence-corrected chi connectivity index (χ2v) is 7.30. The molecule has 1 rings (SSSR count). The second-order valence-electron chi connectivity index (χ2n) is 5.53. The molecule has 3 nitrogen and oxygen atoms in total. The SMILES string of the molecule is CCCCNS(=O)(=O)c1cccc(C(C)(C)C)c1. The van der Waals surface area contributed by atoms with Gasteiger partial charge in [-0.2, -0.15) is 0 Å². The van der Waals surface area contributed by atoms with Gasteiger partial charge in [-0.3, -0.25) is 0 Å². The Balaban J connectivity index is 2.96. The molecule has 0 unspecified atom stereocenters. The molecular formula is C14H23NO2S. The molecule has 102 valence electrons. The maximum absolute atomic E-state index is 12.1. The first-order valence-corrected chi connectivity index (χ1v) is 7.86. The summed E-state index contributed by atoms with van der Waals surface area (Å²) in [6.07, 6.45) is 1.84. The van der Waals surface area contributed by atoms with E-state index in [1.807, 2.05) is 13.0 Å². The molecule has 0 spiro atoms. The highest BCUT2D eigenvalue weighted by Gasteiger charge is 2.18. The van der Waals surface area contributed by atoms with Crippen LogP contribution in [0.1, 0.15) is 46.1 Å². The highest BCUT2D eigenvalue weighted by Crippen LogP contribution is 2.24. The van der Waals surface area contributed by atoms with Crippen molar-refractivity contribution in [2.24, 2.45) is 0 Å². The Morgan fingerprint density at radius 2 is 1.89 bits per heavy atom. The van der Waals surface area contributed by atoms with Crippen molar-refractivity contribution in [3.05, 3.63) is 29.8 Å². The van der Waals surface area contributed by atoms with Crippen LogP contribution in [0.2, 0.25) is 0 Å². The van der Waals surface area contributed by atoms with Crippen molar-refractivity contribution < 1.29 is 8.42 Å². The summed E-state index contributed by atoms with van der Waals surface area (Å²) in [7, 11) is -3.37. The molecule has 4 heteroatoms. The molecule has 0 bridgehead atoms. The standard InChI is InChI=1S/C14H23NO2S/c1-5-6-10-15-18(16,17)13-9-7-8-12(11-13)14(2,3)4/h7-9,11,15H,5-6,10H2,1-4H3. The van der Waals surface area contributed by atoms with E-state index in [9.17, 15) is 8.42 Å². The van der Waals surface area contributed by atoms with E-state index >= 15 is 0 Å². The number of sulfonamides is 1. The lowest BCUT2D eigenvalue weighted by atomic mass is 9.87. The molecule has 0 heterocycles. The van der Waals surface area contributed by atoms with Gasteiger partial charge in [-0.05, 0) is 29.5 Å². The summed E-state index contributed by atoms with van der Waals surface area (Å²) in [5.41, 5.74) is 0.982. The molecule has 0 radical (unpaired) electrons. The van der Waals surface area contributed by atoms with E-state index in [4.69, 9.17) is 0 Å². The average Bonchev–Trinajstić information content (AvgIpc) is 2.28. The third kappa shape index (κ3) is 4.10. The van der Waals surface area contributed by atoms with Crippen LogP contribution in [0.4, 0.5) is 0 Å². The monoisotopic (exact) mass is 269 g/mol. The van der Waals surface area contributed by atoms with Gasteiger partial charge in [0.25, 0.3) is 0 Å². The molecule has 0 saturated heterocycles. The van der Waals surface area contributed by atoms with Gasteiger partial charge in [-0.25, -0.2) is 13.1 Å². The molecule has 0 aliphatic rings. The first-order chi connectivity index (χ1) is 8.27. The smallest absolute Gasteiger partial charge is 0.211 e. The molecule has 0 saturated carbocycles. The Kier molecular flexibility index (Phi) is 4.93. The van der Waals surface area contributed by atoms with E-state index in [1.54, 1.807) is 18.2 Å². The number of unbranched alkanes of at least 4 members (excludes halogenated alkanes) is 1. The summed E-state index contributed by atoms with van der Waals surface area (Å²) in [6.45, 7) is 8.75. The zero-order valence-corrected chi connectivity index (χ0v) is 12.5. The van der Waals surface area contributed by atoms with E-state index in [-0.39, 0.29) is 5.41 Å². The predicted octanol–water partition coefficient (Wildman–Crippen LogP) is 3.06. The molecule has 0 fully saturated rings. The minimum Gasteiger partial charge on any atom is -0.211 e. The number of hydrogen-bond acceptors (Lipinski definition) is 2. The third-order valence-corrected chi connectivity index (χ3v) is 4.29. The highest BCUT2D eigenvalue weighted by molar-refractivity contribution is 7.89. The topological polar surface area (TPSA) is 46.2 Å². The number of rotatable bonds is 5. The van der Waals surface area contributed by atoms with Crippen molar-refractivity contribution in [2.75, 3.05) is 6.54 Å². The molecule has 0 aliphatic heterocycles. The van der Waals surface area contributed by atoms with Crippen LogP contribution in [0.25, 0.3) is 0 Å². The summed E-state index contributed by atoms with van der Waals surface area (Å²) >= 11 is 0. The Labute approximate surface area is 111 Å². The van der Waals surface area contributed by atoms with Crippen LogP contribution in [0.15, 0.2) is 29.2 Å². The highest BCUT2D eigenvalue weighted by atomic mass is 32.2. The first kappa shape index (κ1) is 15.2. The predicted molar refractivity (Wildman–Crippen MR) is 75.2 cm³/mol. The van der Waals surface area contributed by atoms with E-state index in [0.29, 0.717) is 11.4 Å². The van der Waals surface area contributed by atoms with Gasteiger partial charge in [0.1, 0.15) is 0 Å². The van der Waals surface area contributed by atoms with Crippen LogP contribution in [0.3, 0.4) is 0 Å². The van der Waals surface area contributed by atoms with Crippen molar-refractivity contribution in [2.45, 2.75) is 50.8 Å². The summed E-state index contributed by atoms with van der Waals surface area (Å²) in [4.78, 5) is 0.353. The van der Waals surface area contributed by atoms with Crippen LogP contribution in [-0.4, -0.2) is 15.0 Å². The number of hydrogen-bond donors (Lipinski definition) is 1. The van der Waals surface area contributed by atoms with Gasteiger partial charge in [-0.1, -0.05) is 46.2 Å². The van der Waals surface area contributed by atoms with Gasteiger partial charge in [0.05, 0.1) is 4.90 Å². The summed E-state index contributed by atoms with van der Waals surface area (Å²) in [5.74, 6) is 0. The lowest BCUT2D eigenvalue weighted by molar-refractivity contribution is 0.574. The van der Waals surface area contributed by atoms with Crippen molar-refractivity contribution in [1.82, 2.24) is 4.72 Å². The lowest BCUT2D eigenvalue weighted by Gasteiger charge is -2.19. The van der Waals surface area contributed by atoms with Crippen LogP contribution in [0, 0.1) is 0 Å². The Hall–Kier alpha value is -0.870. The van der Waals surface area contributed by atoms with Gasteiger partial charge < -0.3 is 0 Å². The molecular weight excluding hydrogens is 246 g/mol. The van der Waals surface area contributed by atoms with Gasteiger partial charge >= 0.3 is 0 Å². The maximum Gasteiger partial charge on any atom is 0.240 e. The zero-order chi connectivity index (χ0) is 13.8. The summed E-state index contributed by atoms with van der Waals surface area (Å²) < 4.78 is 26.8. The molecule has 0 aromatic heterocycles. The summed E-state index contributed by atoms with van der Waals surface area (Å²) in [5, 5.41) is 0. The number of benzene rings is 1. The van der Waals surface area contributed by atoms with Gasteiger partial charge in [0.2, 0.25) is 10.0 Å². The first-order valence-electron chi connectivity index (χ1n) is 6.37. The Morgan fingerprint density at radius 1 is 1.22 bits per heavy atom. The van der Waals surface area contributed by atoms with Crippen LogP contribution in [-0.2, 0) is 15.4 Å². The van der Waals surface area contributed by atoms with Crippen molar-refractivity contribution in [3.8, 4) is 0 Å². The van der Waals surface area contributed by atoms with E-state index in [1.165, 1.54) is 0 Å². The molecule has 1 aromatic rings. The zero-order valence-electron chi connectivity index (χ0n) is 11.7. The fourth-order valence-electron chi connectivity index (χ4n) is 1.60. The molecule has 18 heavy (non-hydrogen) atoms. The van der Waals surface area contributed by atoms with Gasteiger partial charge in [0.15, 0.2) is 0 Å².